The molecule has 2 aromatic heterocycles. The Balaban J connectivity index is 1.93. The van der Waals surface area contributed by atoms with Crippen molar-refractivity contribution in [2.75, 3.05) is 24.5 Å². The second kappa shape index (κ2) is 8.79. The van der Waals surface area contributed by atoms with E-state index < -0.39 is 5.82 Å². The molecular formula is C20H25FN6O. The van der Waals surface area contributed by atoms with Crippen LogP contribution in [-0.4, -0.2) is 39.4 Å². The average molecular weight is 384 g/mol. The van der Waals surface area contributed by atoms with Crippen LogP contribution in [0.3, 0.4) is 0 Å². The first-order valence-electron chi connectivity index (χ1n) is 9.33. The van der Waals surface area contributed by atoms with Gasteiger partial charge in [0.05, 0.1) is 5.56 Å². The fourth-order valence-electron chi connectivity index (χ4n) is 2.90. The third-order valence-corrected chi connectivity index (χ3v) is 4.45. The van der Waals surface area contributed by atoms with Crippen molar-refractivity contribution in [2.45, 2.75) is 20.3 Å². The Labute approximate surface area is 164 Å². The minimum absolute atomic E-state index is 0.334. The van der Waals surface area contributed by atoms with Crippen LogP contribution in [0.5, 0.6) is 11.6 Å². The van der Waals surface area contributed by atoms with E-state index in [4.69, 9.17) is 10.5 Å². The van der Waals surface area contributed by atoms with Crippen molar-refractivity contribution in [1.29, 1.82) is 0 Å². The van der Waals surface area contributed by atoms with Gasteiger partial charge in [-0.2, -0.15) is 5.10 Å². The summed E-state index contributed by atoms with van der Waals surface area (Å²) >= 11 is 0. The van der Waals surface area contributed by atoms with Gasteiger partial charge in [-0.3, -0.25) is 0 Å². The number of rotatable bonds is 8. The Morgan fingerprint density at radius 3 is 2.50 bits per heavy atom. The van der Waals surface area contributed by atoms with Gasteiger partial charge in [0.25, 0.3) is 0 Å². The molecule has 3 aromatic rings. The fraction of sp³-hybridized carbons (Fsp3) is 0.350. The standard InChI is InChI=1S/C20H25FN6O/c1-4-27(5-2)18-11-19(26(3)25-18)28-17-10-15(21)6-7-16(17)20-23-12-14(8-9-22)13-24-20/h6-7,10-13H,4-5,8-9,22H2,1-3H3. The molecule has 7 nitrogen and oxygen atoms in total. The predicted octanol–water partition coefficient (Wildman–Crippen LogP) is 3.16. The third-order valence-electron chi connectivity index (χ3n) is 4.45. The molecule has 0 aliphatic carbocycles. The Morgan fingerprint density at radius 1 is 1.14 bits per heavy atom. The molecule has 0 atom stereocenters. The first kappa shape index (κ1) is 19.8. The van der Waals surface area contributed by atoms with Crippen LogP contribution >= 0.6 is 0 Å². The van der Waals surface area contributed by atoms with Crippen molar-refractivity contribution in [1.82, 2.24) is 19.7 Å². The molecule has 148 valence electrons. The monoisotopic (exact) mass is 384 g/mol. The predicted molar refractivity (Wildman–Crippen MR) is 107 cm³/mol. The SMILES string of the molecule is CCN(CC)c1cc(Oc2cc(F)ccc2-c2ncc(CCN)cn2)n(C)n1. The maximum Gasteiger partial charge on any atom is 0.219 e. The molecule has 0 aliphatic heterocycles. The molecule has 1 aromatic carbocycles. The van der Waals surface area contributed by atoms with E-state index in [2.05, 4.69) is 33.8 Å². The van der Waals surface area contributed by atoms with E-state index in [1.54, 1.807) is 30.2 Å². The zero-order valence-electron chi connectivity index (χ0n) is 16.4. The van der Waals surface area contributed by atoms with E-state index in [9.17, 15) is 4.39 Å². The van der Waals surface area contributed by atoms with Crippen LogP contribution in [0.2, 0.25) is 0 Å². The first-order valence-corrected chi connectivity index (χ1v) is 9.33. The molecule has 0 bridgehead atoms. The number of hydrogen-bond donors (Lipinski definition) is 1. The van der Waals surface area contributed by atoms with Gasteiger partial charge in [0.1, 0.15) is 11.6 Å². The fourth-order valence-corrected chi connectivity index (χ4v) is 2.90. The van der Waals surface area contributed by atoms with E-state index >= 15 is 0 Å². The van der Waals surface area contributed by atoms with Gasteiger partial charge in [0.2, 0.25) is 5.88 Å². The molecule has 2 N–H and O–H groups in total. The van der Waals surface area contributed by atoms with Crippen LogP contribution in [0.4, 0.5) is 10.2 Å². The minimum atomic E-state index is -0.398. The van der Waals surface area contributed by atoms with Crippen LogP contribution in [-0.2, 0) is 13.5 Å². The molecular weight excluding hydrogens is 359 g/mol. The summed E-state index contributed by atoms with van der Waals surface area (Å²) in [6, 6.07) is 6.15. The number of nitrogens with zero attached hydrogens (tertiary/aromatic N) is 5. The van der Waals surface area contributed by atoms with E-state index in [1.165, 1.54) is 12.1 Å². The first-order chi connectivity index (χ1) is 13.5. The molecule has 28 heavy (non-hydrogen) atoms. The van der Waals surface area contributed by atoms with Crippen molar-refractivity contribution < 1.29 is 9.13 Å². The minimum Gasteiger partial charge on any atom is -0.438 e. The highest BCUT2D eigenvalue weighted by Gasteiger charge is 2.16. The zero-order valence-corrected chi connectivity index (χ0v) is 16.4. The maximum absolute atomic E-state index is 13.9. The zero-order chi connectivity index (χ0) is 20.1. The third kappa shape index (κ3) is 4.28. The van der Waals surface area contributed by atoms with Crippen LogP contribution in [0, 0.1) is 5.82 Å². The molecule has 3 rings (SSSR count). The highest BCUT2D eigenvalue weighted by atomic mass is 19.1. The number of benzene rings is 1. The summed E-state index contributed by atoms with van der Waals surface area (Å²) < 4.78 is 21.5. The molecule has 0 saturated carbocycles. The van der Waals surface area contributed by atoms with Gasteiger partial charge in [-0.05, 0) is 44.5 Å². The van der Waals surface area contributed by atoms with Gasteiger partial charge < -0.3 is 15.4 Å². The van der Waals surface area contributed by atoms with Crippen molar-refractivity contribution in [3.8, 4) is 23.0 Å². The maximum atomic E-state index is 13.9. The number of hydrogen-bond acceptors (Lipinski definition) is 6. The van der Waals surface area contributed by atoms with E-state index in [-0.39, 0.29) is 0 Å². The Kier molecular flexibility index (Phi) is 6.20. The summed E-state index contributed by atoms with van der Waals surface area (Å²) in [7, 11) is 1.79. The summed E-state index contributed by atoms with van der Waals surface area (Å²) in [5.74, 6) is 1.71. The molecule has 0 radical (unpaired) electrons. The largest absolute Gasteiger partial charge is 0.438 e. The lowest BCUT2D eigenvalue weighted by molar-refractivity contribution is 0.428. The van der Waals surface area contributed by atoms with Gasteiger partial charge >= 0.3 is 0 Å². The van der Waals surface area contributed by atoms with Gasteiger partial charge in [0, 0.05) is 44.7 Å². The molecule has 0 fully saturated rings. The number of anilines is 1. The lowest BCUT2D eigenvalue weighted by Gasteiger charge is -2.16. The Morgan fingerprint density at radius 2 is 1.86 bits per heavy atom. The number of halogens is 1. The van der Waals surface area contributed by atoms with Crippen LogP contribution in [0.1, 0.15) is 19.4 Å². The lowest BCUT2D eigenvalue weighted by atomic mass is 10.1. The van der Waals surface area contributed by atoms with Crippen molar-refractivity contribution in [2.24, 2.45) is 12.8 Å². The highest BCUT2D eigenvalue weighted by molar-refractivity contribution is 5.64. The Hall–Kier alpha value is -3.00. The second-order valence-corrected chi connectivity index (χ2v) is 6.33. The van der Waals surface area contributed by atoms with Crippen LogP contribution in [0.15, 0.2) is 36.7 Å². The molecule has 0 aliphatic rings. The van der Waals surface area contributed by atoms with Crippen molar-refractivity contribution in [3.05, 3.63) is 48.0 Å². The quantitative estimate of drug-likeness (QED) is 0.642. The van der Waals surface area contributed by atoms with Gasteiger partial charge in [0.15, 0.2) is 11.6 Å². The summed E-state index contributed by atoms with van der Waals surface area (Å²) in [5, 5.41) is 4.49. The van der Waals surface area contributed by atoms with Gasteiger partial charge in [-0.1, -0.05) is 0 Å². The van der Waals surface area contributed by atoms with E-state index in [0.717, 1.165) is 24.5 Å². The second-order valence-electron chi connectivity index (χ2n) is 6.33. The number of ether oxygens (including phenoxy) is 1. The Bertz CT molecular complexity index is 921. The molecule has 0 saturated heterocycles. The average Bonchev–Trinajstić information content (AvgIpc) is 3.04. The normalized spacial score (nSPS) is 10.9. The van der Waals surface area contributed by atoms with E-state index in [1.807, 2.05) is 6.07 Å². The summed E-state index contributed by atoms with van der Waals surface area (Å²) in [5.41, 5.74) is 7.12. The van der Waals surface area contributed by atoms with Crippen molar-refractivity contribution in [3.63, 3.8) is 0 Å². The lowest BCUT2D eigenvalue weighted by Crippen LogP contribution is -2.22. The molecule has 0 spiro atoms. The molecule has 8 heteroatoms. The van der Waals surface area contributed by atoms with Crippen molar-refractivity contribution >= 4 is 5.82 Å². The highest BCUT2D eigenvalue weighted by Crippen LogP contribution is 2.33. The van der Waals surface area contributed by atoms with Gasteiger partial charge in [-0.25, -0.2) is 19.0 Å². The van der Waals surface area contributed by atoms with Crippen LogP contribution in [0.25, 0.3) is 11.4 Å². The summed E-state index contributed by atoms with van der Waals surface area (Å²) in [6.07, 6.45) is 4.16. The van der Waals surface area contributed by atoms with E-state index in [0.29, 0.717) is 36.0 Å². The van der Waals surface area contributed by atoms with Crippen LogP contribution < -0.4 is 15.4 Å². The molecule has 2 heterocycles. The molecule has 0 unspecified atom stereocenters. The number of aryl methyl sites for hydroxylation is 1. The van der Waals surface area contributed by atoms with Gasteiger partial charge in [-0.15, -0.1) is 0 Å². The number of nitrogens with two attached hydrogens (primary N) is 1. The summed E-state index contributed by atoms with van der Waals surface area (Å²) in [6.45, 7) is 6.33. The smallest absolute Gasteiger partial charge is 0.219 e. The summed E-state index contributed by atoms with van der Waals surface area (Å²) in [4.78, 5) is 10.9. The topological polar surface area (TPSA) is 82.1 Å². The number of aromatic nitrogens is 4. The molecule has 0 amide bonds.